The zero-order valence-corrected chi connectivity index (χ0v) is 20.0. The summed E-state index contributed by atoms with van der Waals surface area (Å²) < 4.78 is 51.9. The summed E-state index contributed by atoms with van der Waals surface area (Å²) in [6.07, 6.45) is 1.86. The van der Waals surface area contributed by atoms with E-state index in [1.807, 2.05) is 13.0 Å². The van der Waals surface area contributed by atoms with Crippen molar-refractivity contribution in [2.75, 3.05) is 26.3 Å². The fraction of sp³-hybridized carbons (Fsp3) is 0.731. The van der Waals surface area contributed by atoms with E-state index in [2.05, 4.69) is 29.6 Å². The maximum absolute atomic E-state index is 13.5. The molecule has 2 aliphatic heterocycles. The van der Waals surface area contributed by atoms with Crippen molar-refractivity contribution < 1.29 is 27.4 Å². The van der Waals surface area contributed by atoms with E-state index in [0.29, 0.717) is 44.8 Å². The molecule has 1 saturated carbocycles. The quantitative estimate of drug-likeness (QED) is 0.546. The number of carbonyl (C=O) groups excluding carboxylic acids is 1. The molecule has 4 rings (SSSR count). The van der Waals surface area contributed by atoms with Crippen LogP contribution in [0.3, 0.4) is 0 Å². The third-order valence-corrected chi connectivity index (χ3v) is 8.00. The lowest BCUT2D eigenvalue weighted by Crippen LogP contribution is -2.70. The monoisotopic (exact) mass is 482 g/mol. The van der Waals surface area contributed by atoms with Gasteiger partial charge in [0.05, 0.1) is 31.4 Å². The Bertz CT molecular complexity index is 794. The van der Waals surface area contributed by atoms with Gasteiger partial charge in [-0.15, -0.1) is 0 Å². The molecule has 1 aromatic carbocycles. The molecule has 8 heteroatoms. The standard InChI is InChI=1S/C26H37F3N2O3/c1-2-19(17-34-22-11-9-21(10-12-22)20-7-4-3-5-8-20)23-25(14-16-33-24(32)30-25)13-6-15-31(23)18-26(27,28)29/h3-5,7-8,19,21-23H,2,6,9-18H2,1H3,(H,30,32)/t19-,21?,22?,23+,25?/m1/s1. The number of amides is 1. The van der Waals surface area contributed by atoms with Crippen molar-refractivity contribution >= 4 is 6.09 Å². The van der Waals surface area contributed by atoms with Crippen molar-refractivity contribution in [3.63, 3.8) is 0 Å². The Morgan fingerprint density at radius 3 is 2.56 bits per heavy atom. The summed E-state index contributed by atoms with van der Waals surface area (Å²) in [6, 6.07) is 10.1. The highest BCUT2D eigenvalue weighted by atomic mass is 19.4. The van der Waals surface area contributed by atoms with E-state index in [1.54, 1.807) is 4.90 Å². The number of benzene rings is 1. The molecule has 0 radical (unpaired) electrons. The first kappa shape index (κ1) is 25.3. The van der Waals surface area contributed by atoms with Crippen molar-refractivity contribution in [3.05, 3.63) is 35.9 Å². The average molecular weight is 483 g/mol. The number of carbonyl (C=O) groups is 1. The summed E-state index contributed by atoms with van der Waals surface area (Å²) in [5.41, 5.74) is 0.669. The molecule has 2 heterocycles. The molecule has 2 saturated heterocycles. The second-order valence-corrected chi connectivity index (χ2v) is 10.2. The summed E-state index contributed by atoms with van der Waals surface area (Å²) >= 11 is 0. The molecule has 3 aliphatic rings. The van der Waals surface area contributed by atoms with E-state index in [4.69, 9.17) is 9.47 Å². The van der Waals surface area contributed by atoms with Gasteiger partial charge >= 0.3 is 12.3 Å². The highest BCUT2D eigenvalue weighted by Gasteiger charge is 2.52. The van der Waals surface area contributed by atoms with Crippen LogP contribution in [0.4, 0.5) is 18.0 Å². The Balaban J connectivity index is 1.43. The Morgan fingerprint density at radius 2 is 1.91 bits per heavy atom. The molecule has 0 bridgehead atoms. The van der Waals surface area contributed by atoms with E-state index in [0.717, 1.165) is 25.7 Å². The van der Waals surface area contributed by atoms with Gasteiger partial charge in [-0.3, -0.25) is 4.90 Å². The largest absolute Gasteiger partial charge is 0.449 e. The van der Waals surface area contributed by atoms with Crippen molar-refractivity contribution in [2.45, 2.75) is 88.1 Å². The summed E-state index contributed by atoms with van der Waals surface area (Å²) in [7, 11) is 0. The first-order valence-corrected chi connectivity index (χ1v) is 12.7. The molecule has 34 heavy (non-hydrogen) atoms. The van der Waals surface area contributed by atoms with Crippen LogP contribution in [0.15, 0.2) is 30.3 Å². The van der Waals surface area contributed by atoms with Gasteiger partial charge in [0, 0.05) is 12.5 Å². The van der Waals surface area contributed by atoms with Crippen molar-refractivity contribution in [3.8, 4) is 0 Å². The van der Waals surface area contributed by atoms with E-state index >= 15 is 0 Å². The molecule has 5 nitrogen and oxygen atoms in total. The zero-order valence-electron chi connectivity index (χ0n) is 20.0. The number of alkyl carbamates (subject to hydrolysis) is 1. The van der Waals surface area contributed by atoms with Gasteiger partial charge in [0.25, 0.3) is 0 Å². The molecular weight excluding hydrogens is 445 g/mol. The first-order valence-electron chi connectivity index (χ1n) is 12.7. The molecule has 0 aromatic heterocycles. The van der Waals surface area contributed by atoms with Gasteiger partial charge in [-0.25, -0.2) is 4.79 Å². The van der Waals surface area contributed by atoms with Gasteiger partial charge in [-0.05, 0) is 68.9 Å². The normalized spacial score (nSPS) is 31.6. The van der Waals surface area contributed by atoms with Crippen LogP contribution in [0.25, 0.3) is 0 Å². The van der Waals surface area contributed by atoms with E-state index in [9.17, 15) is 18.0 Å². The van der Waals surface area contributed by atoms with E-state index < -0.39 is 30.4 Å². The summed E-state index contributed by atoms with van der Waals surface area (Å²) in [6.45, 7) is 2.07. The Morgan fingerprint density at radius 1 is 1.18 bits per heavy atom. The molecule has 1 unspecified atom stereocenters. The van der Waals surface area contributed by atoms with Crippen LogP contribution >= 0.6 is 0 Å². The predicted molar refractivity (Wildman–Crippen MR) is 124 cm³/mol. The molecule has 1 aromatic rings. The van der Waals surface area contributed by atoms with Gasteiger partial charge in [-0.2, -0.15) is 13.2 Å². The highest BCUT2D eigenvalue weighted by Crippen LogP contribution is 2.40. The van der Waals surface area contributed by atoms with Gasteiger partial charge < -0.3 is 14.8 Å². The third kappa shape index (κ3) is 6.06. The maximum Gasteiger partial charge on any atom is 0.407 e. The first-order chi connectivity index (χ1) is 16.3. The predicted octanol–water partition coefficient (Wildman–Crippen LogP) is 5.65. The number of rotatable bonds is 7. The average Bonchev–Trinajstić information content (AvgIpc) is 2.81. The number of likely N-dealkylation sites (tertiary alicyclic amines) is 1. The van der Waals surface area contributed by atoms with Crippen molar-refractivity contribution in [1.29, 1.82) is 0 Å². The van der Waals surface area contributed by atoms with E-state index in [1.165, 1.54) is 5.56 Å². The molecular formula is C26H37F3N2O3. The number of halogens is 3. The molecule has 1 spiro atoms. The van der Waals surface area contributed by atoms with Crippen molar-refractivity contribution in [1.82, 2.24) is 10.2 Å². The number of cyclic esters (lactones) is 1. The second-order valence-electron chi connectivity index (χ2n) is 10.2. The van der Waals surface area contributed by atoms with Gasteiger partial charge in [0.15, 0.2) is 0 Å². The lowest BCUT2D eigenvalue weighted by atomic mass is 9.72. The Kier molecular flexibility index (Phi) is 8.08. The summed E-state index contributed by atoms with van der Waals surface area (Å²) in [4.78, 5) is 13.7. The fourth-order valence-electron chi connectivity index (χ4n) is 6.41. The lowest BCUT2D eigenvalue weighted by molar-refractivity contribution is -0.168. The minimum atomic E-state index is -4.29. The van der Waals surface area contributed by atoms with Crippen LogP contribution in [0, 0.1) is 5.92 Å². The SMILES string of the molecule is CC[C@H](COC1CCC(c2ccccc2)CC1)[C@@H]1N(CC(F)(F)F)CCCC12CCOC(=O)N2. The Labute approximate surface area is 200 Å². The minimum absolute atomic E-state index is 0.104. The minimum Gasteiger partial charge on any atom is -0.449 e. The molecule has 190 valence electrons. The number of ether oxygens (including phenoxy) is 2. The number of nitrogens with one attached hydrogen (secondary N) is 1. The van der Waals surface area contributed by atoms with Gasteiger partial charge in [0.1, 0.15) is 0 Å². The number of piperidine rings is 1. The van der Waals surface area contributed by atoms with Gasteiger partial charge in [0.2, 0.25) is 0 Å². The second kappa shape index (κ2) is 10.9. The third-order valence-electron chi connectivity index (χ3n) is 8.00. The molecule has 3 fully saturated rings. The van der Waals surface area contributed by atoms with Gasteiger partial charge in [-0.1, -0.05) is 37.3 Å². The molecule has 1 aliphatic carbocycles. The summed E-state index contributed by atoms with van der Waals surface area (Å²) in [5.74, 6) is 0.442. The lowest BCUT2D eigenvalue weighted by Gasteiger charge is -2.54. The number of nitrogens with zero attached hydrogens (tertiary/aromatic N) is 1. The van der Waals surface area contributed by atoms with E-state index in [-0.39, 0.29) is 18.6 Å². The van der Waals surface area contributed by atoms with Crippen LogP contribution < -0.4 is 5.32 Å². The number of hydrogen-bond acceptors (Lipinski definition) is 4. The number of alkyl halides is 3. The van der Waals surface area contributed by atoms with Crippen LogP contribution in [0.5, 0.6) is 0 Å². The molecule has 3 atom stereocenters. The maximum atomic E-state index is 13.5. The fourth-order valence-corrected chi connectivity index (χ4v) is 6.41. The van der Waals surface area contributed by atoms with Crippen LogP contribution in [0.2, 0.25) is 0 Å². The van der Waals surface area contributed by atoms with Crippen LogP contribution in [-0.2, 0) is 9.47 Å². The number of hydrogen-bond donors (Lipinski definition) is 1. The molecule has 1 amide bonds. The van der Waals surface area contributed by atoms with Crippen LogP contribution in [0.1, 0.15) is 69.8 Å². The van der Waals surface area contributed by atoms with Crippen molar-refractivity contribution in [2.24, 2.45) is 5.92 Å². The zero-order chi connectivity index (χ0) is 24.2. The smallest absolute Gasteiger partial charge is 0.407 e. The topological polar surface area (TPSA) is 50.8 Å². The highest BCUT2D eigenvalue weighted by molar-refractivity contribution is 5.69. The Hall–Kier alpha value is -1.80. The molecule has 1 N–H and O–H groups in total. The summed E-state index contributed by atoms with van der Waals surface area (Å²) in [5, 5.41) is 2.95. The van der Waals surface area contributed by atoms with Crippen LogP contribution in [-0.4, -0.2) is 61.2 Å².